The molecular weight excluding hydrogens is 186 g/mol. The number of ketones is 1. The zero-order valence-electron chi connectivity index (χ0n) is 7.81. The van der Waals surface area contributed by atoms with Crippen LogP contribution in [0.3, 0.4) is 0 Å². The van der Waals surface area contributed by atoms with Gasteiger partial charge < -0.3 is 9.57 Å². The van der Waals surface area contributed by atoms with E-state index in [2.05, 4.69) is 14.7 Å². The van der Waals surface area contributed by atoms with E-state index in [1.165, 1.54) is 26.4 Å². The van der Waals surface area contributed by atoms with E-state index in [4.69, 9.17) is 0 Å². The lowest BCUT2D eigenvalue weighted by atomic mass is 10.0. The average Bonchev–Trinajstić information content (AvgIpc) is 2.20. The number of methoxy groups -OCH3 is 1. The van der Waals surface area contributed by atoms with Crippen molar-refractivity contribution in [3.8, 4) is 0 Å². The molecule has 0 radical (unpaired) electrons. The van der Waals surface area contributed by atoms with E-state index in [9.17, 15) is 9.59 Å². The van der Waals surface area contributed by atoms with Crippen LogP contribution in [0.5, 0.6) is 0 Å². The van der Waals surface area contributed by atoms with Gasteiger partial charge in [0.15, 0.2) is 5.78 Å². The van der Waals surface area contributed by atoms with Gasteiger partial charge in [-0.05, 0) is 12.2 Å². The van der Waals surface area contributed by atoms with Gasteiger partial charge in [-0.2, -0.15) is 0 Å². The summed E-state index contributed by atoms with van der Waals surface area (Å²) in [5.74, 6) is -0.890. The Kier molecular flexibility index (Phi) is 3.17. The minimum atomic E-state index is -0.612. The number of oxime groups is 1. The van der Waals surface area contributed by atoms with Gasteiger partial charge in [0.2, 0.25) is 0 Å². The Morgan fingerprint density at radius 3 is 2.64 bits per heavy atom. The standard InChI is InChI=1S/C9H9NO4/c1-13-9(12)7-5-6(11)3-4-8(7)10-14-2/h3-5H,1-2H3/b10-8-. The summed E-state index contributed by atoms with van der Waals surface area (Å²) in [6.07, 6.45) is 3.85. The van der Waals surface area contributed by atoms with Crippen LogP contribution in [0.4, 0.5) is 0 Å². The minimum absolute atomic E-state index is 0.0989. The van der Waals surface area contributed by atoms with Gasteiger partial charge in [-0.3, -0.25) is 4.79 Å². The number of hydrogen-bond acceptors (Lipinski definition) is 5. The molecule has 0 aromatic heterocycles. The fourth-order valence-corrected chi connectivity index (χ4v) is 0.967. The lowest BCUT2D eigenvalue weighted by Crippen LogP contribution is -2.17. The van der Waals surface area contributed by atoms with E-state index in [0.29, 0.717) is 0 Å². The molecule has 14 heavy (non-hydrogen) atoms. The zero-order valence-corrected chi connectivity index (χ0v) is 7.81. The maximum atomic E-state index is 11.2. The highest BCUT2D eigenvalue weighted by Crippen LogP contribution is 2.09. The molecule has 0 aromatic carbocycles. The molecule has 0 aromatic rings. The van der Waals surface area contributed by atoms with E-state index in [0.717, 1.165) is 6.08 Å². The highest BCUT2D eigenvalue weighted by atomic mass is 16.6. The molecule has 0 unspecified atom stereocenters. The van der Waals surface area contributed by atoms with Gasteiger partial charge in [0, 0.05) is 6.08 Å². The first kappa shape index (κ1) is 10.2. The molecule has 0 saturated carbocycles. The second-order valence-electron chi connectivity index (χ2n) is 2.44. The maximum Gasteiger partial charge on any atom is 0.340 e. The lowest BCUT2D eigenvalue weighted by molar-refractivity contribution is -0.135. The van der Waals surface area contributed by atoms with Gasteiger partial charge in [0.25, 0.3) is 0 Å². The molecule has 5 nitrogen and oxygen atoms in total. The zero-order chi connectivity index (χ0) is 10.6. The summed E-state index contributed by atoms with van der Waals surface area (Å²) in [5.41, 5.74) is 0.376. The number of nitrogens with zero attached hydrogens (tertiary/aromatic N) is 1. The highest BCUT2D eigenvalue weighted by Gasteiger charge is 2.19. The highest BCUT2D eigenvalue weighted by molar-refractivity contribution is 6.30. The first-order valence-electron chi connectivity index (χ1n) is 3.82. The van der Waals surface area contributed by atoms with E-state index in [-0.39, 0.29) is 17.1 Å². The van der Waals surface area contributed by atoms with Crippen LogP contribution in [-0.4, -0.2) is 31.7 Å². The third-order valence-electron chi connectivity index (χ3n) is 1.56. The Labute approximate surface area is 80.7 Å². The molecular formula is C9H9NO4. The Hall–Kier alpha value is -1.91. The van der Waals surface area contributed by atoms with Crippen molar-refractivity contribution in [3.63, 3.8) is 0 Å². The fourth-order valence-electron chi connectivity index (χ4n) is 0.967. The third kappa shape index (κ3) is 2.07. The quantitative estimate of drug-likeness (QED) is 0.359. The lowest BCUT2D eigenvalue weighted by Gasteiger charge is -2.07. The van der Waals surface area contributed by atoms with Crippen LogP contribution in [0.25, 0.3) is 0 Å². The molecule has 1 rings (SSSR count). The number of hydrogen-bond donors (Lipinski definition) is 0. The summed E-state index contributed by atoms with van der Waals surface area (Å²) in [6.45, 7) is 0. The van der Waals surface area contributed by atoms with Crippen LogP contribution < -0.4 is 0 Å². The van der Waals surface area contributed by atoms with Crippen LogP contribution in [0.1, 0.15) is 0 Å². The van der Waals surface area contributed by atoms with E-state index < -0.39 is 5.97 Å². The minimum Gasteiger partial charge on any atom is -0.465 e. The normalized spacial score (nSPS) is 18.0. The van der Waals surface area contributed by atoms with Crippen LogP contribution in [0, 0.1) is 0 Å². The number of allylic oxidation sites excluding steroid dienone is 3. The van der Waals surface area contributed by atoms with Crippen LogP contribution in [-0.2, 0) is 19.2 Å². The van der Waals surface area contributed by atoms with Gasteiger partial charge in [-0.1, -0.05) is 5.16 Å². The summed E-state index contributed by atoms with van der Waals surface area (Å²) in [6, 6.07) is 0. The summed E-state index contributed by atoms with van der Waals surface area (Å²) in [4.78, 5) is 26.7. The van der Waals surface area contributed by atoms with Crippen molar-refractivity contribution in [2.45, 2.75) is 0 Å². The molecule has 5 heteroatoms. The molecule has 1 aliphatic rings. The smallest absolute Gasteiger partial charge is 0.340 e. The van der Waals surface area contributed by atoms with Crippen molar-refractivity contribution in [1.29, 1.82) is 0 Å². The van der Waals surface area contributed by atoms with Gasteiger partial charge in [0.05, 0.1) is 12.7 Å². The number of carbonyl (C=O) groups excluding carboxylic acids is 2. The predicted octanol–water partition coefficient (Wildman–Crippen LogP) is 0.227. The number of ether oxygens (including phenoxy) is 1. The van der Waals surface area contributed by atoms with Crippen molar-refractivity contribution in [1.82, 2.24) is 0 Å². The monoisotopic (exact) mass is 195 g/mol. The Balaban J connectivity index is 3.03. The molecule has 1 aliphatic carbocycles. The van der Waals surface area contributed by atoms with Crippen molar-refractivity contribution < 1.29 is 19.2 Å². The number of carbonyl (C=O) groups is 2. The second-order valence-corrected chi connectivity index (χ2v) is 2.44. The first-order chi connectivity index (χ1) is 6.69. The summed E-state index contributed by atoms with van der Waals surface area (Å²) < 4.78 is 4.48. The molecule has 0 N–H and O–H groups in total. The van der Waals surface area contributed by atoms with E-state index >= 15 is 0 Å². The number of rotatable bonds is 2. The van der Waals surface area contributed by atoms with Crippen molar-refractivity contribution >= 4 is 17.5 Å². The average molecular weight is 195 g/mol. The van der Waals surface area contributed by atoms with Gasteiger partial charge in [0.1, 0.15) is 12.8 Å². The molecule has 0 fully saturated rings. The van der Waals surface area contributed by atoms with Crippen molar-refractivity contribution in [2.75, 3.05) is 14.2 Å². The summed E-state index contributed by atoms with van der Waals surface area (Å²) in [5, 5.41) is 3.58. The number of esters is 1. The van der Waals surface area contributed by atoms with Gasteiger partial charge >= 0.3 is 5.97 Å². The first-order valence-corrected chi connectivity index (χ1v) is 3.82. The molecule has 0 aliphatic heterocycles. The molecule has 0 spiro atoms. The maximum absolute atomic E-state index is 11.2. The molecule has 0 saturated heterocycles. The van der Waals surface area contributed by atoms with Crippen LogP contribution >= 0.6 is 0 Å². The van der Waals surface area contributed by atoms with E-state index in [1.54, 1.807) is 0 Å². The Bertz CT molecular complexity index is 352. The molecule has 0 heterocycles. The topological polar surface area (TPSA) is 65.0 Å². The van der Waals surface area contributed by atoms with Crippen molar-refractivity contribution in [3.05, 3.63) is 23.8 Å². The Morgan fingerprint density at radius 2 is 2.07 bits per heavy atom. The molecule has 0 amide bonds. The second kappa shape index (κ2) is 4.36. The summed E-state index contributed by atoms with van der Waals surface area (Å²) in [7, 11) is 2.59. The largest absolute Gasteiger partial charge is 0.465 e. The fraction of sp³-hybridized carbons (Fsp3) is 0.222. The predicted molar refractivity (Wildman–Crippen MR) is 48.7 cm³/mol. The molecule has 0 bridgehead atoms. The summed E-state index contributed by atoms with van der Waals surface area (Å²) >= 11 is 0. The van der Waals surface area contributed by atoms with Gasteiger partial charge in [-0.15, -0.1) is 0 Å². The van der Waals surface area contributed by atoms with Crippen molar-refractivity contribution in [2.24, 2.45) is 5.16 Å². The van der Waals surface area contributed by atoms with Crippen LogP contribution in [0.2, 0.25) is 0 Å². The molecule has 0 atom stereocenters. The third-order valence-corrected chi connectivity index (χ3v) is 1.56. The van der Waals surface area contributed by atoms with Crippen LogP contribution in [0.15, 0.2) is 29.0 Å². The van der Waals surface area contributed by atoms with Gasteiger partial charge in [-0.25, -0.2) is 4.79 Å². The SMILES string of the molecule is CO/N=C1/C=CC(=O)C=C1C(=O)OC. The van der Waals surface area contributed by atoms with E-state index in [1.807, 2.05) is 0 Å². The molecule has 74 valence electrons. The Morgan fingerprint density at radius 1 is 1.36 bits per heavy atom.